The first-order valence-corrected chi connectivity index (χ1v) is 10.2. The van der Waals surface area contributed by atoms with Gasteiger partial charge in [-0.15, -0.1) is 0 Å². The number of sulfonamides is 1. The minimum atomic E-state index is -3.39. The van der Waals surface area contributed by atoms with Gasteiger partial charge in [-0.1, -0.05) is 6.42 Å². The van der Waals surface area contributed by atoms with Crippen LogP contribution < -0.4 is 10.0 Å². The van der Waals surface area contributed by atoms with E-state index in [-0.39, 0.29) is 0 Å². The fourth-order valence-electron chi connectivity index (χ4n) is 2.13. The highest BCUT2D eigenvalue weighted by atomic mass is 32.2. The maximum absolute atomic E-state index is 12.3. The average Bonchev–Trinajstić information content (AvgIpc) is 2.87. The van der Waals surface area contributed by atoms with Crippen LogP contribution in [0.15, 0.2) is 17.2 Å². The number of aromatic nitrogens is 1. The third kappa shape index (κ3) is 6.02. The Balaban J connectivity index is 2.57. The van der Waals surface area contributed by atoms with Crippen LogP contribution in [-0.4, -0.2) is 38.6 Å². The first-order chi connectivity index (χ1) is 10.0. The molecule has 1 aromatic rings. The van der Waals surface area contributed by atoms with E-state index in [0.29, 0.717) is 18.0 Å². The number of hydrogen-bond donors (Lipinski definition) is 2. The zero-order valence-electron chi connectivity index (χ0n) is 13.2. The molecule has 1 heterocycles. The fourth-order valence-corrected chi connectivity index (χ4v) is 3.76. The molecule has 5 nitrogen and oxygen atoms in total. The molecule has 0 spiro atoms. The summed E-state index contributed by atoms with van der Waals surface area (Å²) in [5.41, 5.74) is 0.986. The van der Waals surface area contributed by atoms with Crippen LogP contribution in [0.3, 0.4) is 0 Å². The number of nitrogens with zero attached hydrogens (tertiary/aromatic N) is 1. The molecular weight excluding hydrogens is 306 g/mol. The van der Waals surface area contributed by atoms with Gasteiger partial charge in [0.25, 0.3) is 0 Å². The number of aryl methyl sites for hydroxylation is 1. The Kier molecular flexibility index (Phi) is 8.39. The van der Waals surface area contributed by atoms with Gasteiger partial charge in [0.15, 0.2) is 0 Å². The predicted octanol–water partition coefficient (Wildman–Crippen LogP) is 2.04. The van der Waals surface area contributed by atoms with Gasteiger partial charge >= 0.3 is 0 Å². The summed E-state index contributed by atoms with van der Waals surface area (Å²) in [7, 11) is -1.53. The highest BCUT2D eigenvalue weighted by Gasteiger charge is 2.17. The molecule has 1 aromatic heterocycles. The normalized spacial score (nSPS) is 12.0. The van der Waals surface area contributed by atoms with Gasteiger partial charge in [-0.3, -0.25) is 0 Å². The van der Waals surface area contributed by atoms with Gasteiger partial charge in [0.05, 0.1) is 4.90 Å². The Bertz CT molecular complexity index is 512. The first-order valence-electron chi connectivity index (χ1n) is 7.37. The second-order valence-electron chi connectivity index (χ2n) is 4.93. The number of unbranched alkanes of at least 4 members (excludes halogenated alkanes) is 2. The molecule has 0 aliphatic carbocycles. The van der Waals surface area contributed by atoms with Crippen LogP contribution in [0.5, 0.6) is 0 Å². The summed E-state index contributed by atoms with van der Waals surface area (Å²) in [6, 6.07) is 1.75. The topological polar surface area (TPSA) is 63.1 Å². The Morgan fingerprint density at radius 1 is 1.29 bits per heavy atom. The lowest BCUT2D eigenvalue weighted by Gasteiger charge is -2.04. The van der Waals surface area contributed by atoms with E-state index in [1.807, 2.05) is 30.3 Å². The third-order valence-electron chi connectivity index (χ3n) is 3.29. The second kappa shape index (κ2) is 9.50. The molecule has 1 rings (SSSR count). The van der Waals surface area contributed by atoms with Crippen molar-refractivity contribution in [2.45, 2.75) is 44.2 Å². The van der Waals surface area contributed by atoms with E-state index in [2.05, 4.69) is 16.3 Å². The van der Waals surface area contributed by atoms with Crippen LogP contribution in [0.2, 0.25) is 0 Å². The van der Waals surface area contributed by atoms with Gasteiger partial charge in [-0.2, -0.15) is 11.8 Å². The molecule has 0 radical (unpaired) electrons. The molecule has 0 saturated carbocycles. The molecule has 7 heteroatoms. The lowest BCUT2D eigenvalue weighted by Crippen LogP contribution is -2.24. The first kappa shape index (κ1) is 18.5. The van der Waals surface area contributed by atoms with Crippen LogP contribution >= 0.6 is 11.8 Å². The van der Waals surface area contributed by atoms with Crippen LogP contribution in [0.1, 0.15) is 31.9 Å². The summed E-state index contributed by atoms with van der Waals surface area (Å²) in [4.78, 5) is 0.360. The molecular formula is C14H27N3O2S2. The van der Waals surface area contributed by atoms with Crippen molar-refractivity contribution < 1.29 is 8.42 Å². The number of rotatable bonds is 11. The Labute approximate surface area is 132 Å². The summed E-state index contributed by atoms with van der Waals surface area (Å²) in [5, 5.41) is 3.06. The second-order valence-corrected chi connectivity index (χ2v) is 7.69. The Morgan fingerprint density at radius 2 is 2.05 bits per heavy atom. The van der Waals surface area contributed by atoms with E-state index in [1.165, 1.54) is 0 Å². The van der Waals surface area contributed by atoms with E-state index in [9.17, 15) is 8.42 Å². The van der Waals surface area contributed by atoms with Gasteiger partial charge in [-0.25, -0.2) is 13.1 Å². The molecule has 0 amide bonds. The predicted molar refractivity (Wildman–Crippen MR) is 90.3 cm³/mol. The van der Waals surface area contributed by atoms with Crippen molar-refractivity contribution in [3.63, 3.8) is 0 Å². The largest absolute Gasteiger partial charge is 0.349 e. The van der Waals surface area contributed by atoms with Crippen molar-refractivity contribution in [3.8, 4) is 0 Å². The number of hydrogen-bond acceptors (Lipinski definition) is 4. The van der Waals surface area contributed by atoms with Gasteiger partial charge < -0.3 is 9.88 Å². The summed E-state index contributed by atoms with van der Waals surface area (Å²) in [6.45, 7) is 3.95. The minimum Gasteiger partial charge on any atom is -0.349 e. The molecule has 0 aliphatic heterocycles. The molecule has 0 saturated heterocycles. The lowest BCUT2D eigenvalue weighted by atomic mass is 10.2. The van der Waals surface area contributed by atoms with E-state index < -0.39 is 10.0 Å². The molecule has 0 aliphatic rings. The highest BCUT2D eigenvalue weighted by molar-refractivity contribution is 7.98. The summed E-state index contributed by atoms with van der Waals surface area (Å²) in [5.74, 6) is 1.14. The number of nitrogens with one attached hydrogen (secondary N) is 2. The fraction of sp³-hybridized carbons (Fsp3) is 0.714. The molecule has 0 aromatic carbocycles. The standard InChI is InChI=1S/C14H27N3O2S2/c1-4-17-12-14(10-13(17)11-15-2)21(18,19)16-8-6-5-7-9-20-3/h10,12,15-16H,4-9,11H2,1-3H3. The quantitative estimate of drug-likeness (QED) is 0.608. The van der Waals surface area contributed by atoms with Crippen LogP contribution in [-0.2, 0) is 23.1 Å². The molecule has 2 N–H and O–H groups in total. The van der Waals surface area contributed by atoms with Gasteiger partial charge in [0.2, 0.25) is 10.0 Å². The third-order valence-corrected chi connectivity index (χ3v) is 5.41. The van der Waals surface area contributed by atoms with E-state index >= 15 is 0 Å². The lowest BCUT2D eigenvalue weighted by molar-refractivity contribution is 0.576. The van der Waals surface area contributed by atoms with E-state index in [1.54, 1.807) is 12.3 Å². The Morgan fingerprint density at radius 3 is 2.67 bits per heavy atom. The maximum atomic E-state index is 12.3. The molecule has 0 fully saturated rings. The SMILES string of the molecule is CCn1cc(S(=O)(=O)NCCCCCSC)cc1CNC. The zero-order valence-corrected chi connectivity index (χ0v) is 14.8. The molecule has 0 unspecified atom stereocenters. The Hall–Kier alpha value is -0.500. The molecule has 122 valence electrons. The maximum Gasteiger partial charge on any atom is 0.242 e. The van der Waals surface area contributed by atoms with Crippen molar-refractivity contribution in [3.05, 3.63) is 18.0 Å². The van der Waals surface area contributed by atoms with Crippen molar-refractivity contribution in [1.82, 2.24) is 14.6 Å². The molecule has 0 atom stereocenters. The van der Waals surface area contributed by atoms with Gasteiger partial charge in [0.1, 0.15) is 0 Å². The zero-order chi connectivity index (χ0) is 15.7. The van der Waals surface area contributed by atoms with Crippen molar-refractivity contribution in [2.75, 3.05) is 25.6 Å². The van der Waals surface area contributed by atoms with Crippen molar-refractivity contribution in [1.29, 1.82) is 0 Å². The van der Waals surface area contributed by atoms with Crippen LogP contribution in [0.25, 0.3) is 0 Å². The number of thioether (sulfide) groups is 1. The summed E-state index contributed by atoms with van der Waals surface area (Å²) < 4.78 is 29.2. The van der Waals surface area contributed by atoms with E-state index in [4.69, 9.17) is 0 Å². The monoisotopic (exact) mass is 333 g/mol. The average molecular weight is 334 g/mol. The highest BCUT2D eigenvalue weighted by Crippen LogP contribution is 2.14. The van der Waals surface area contributed by atoms with Crippen LogP contribution in [0, 0.1) is 0 Å². The smallest absolute Gasteiger partial charge is 0.242 e. The van der Waals surface area contributed by atoms with Gasteiger partial charge in [0, 0.05) is 31.5 Å². The molecule has 21 heavy (non-hydrogen) atoms. The van der Waals surface area contributed by atoms with Crippen molar-refractivity contribution >= 4 is 21.8 Å². The van der Waals surface area contributed by atoms with E-state index in [0.717, 1.165) is 37.3 Å². The van der Waals surface area contributed by atoms with Crippen LogP contribution in [0.4, 0.5) is 0 Å². The molecule has 0 bridgehead atoms. The minimum absolute atomic E-state index is 0.360. The van der Waals surface area contributed by atoms with Crippen molar-refractivity contribution in [2.24, 2.45) is 0 Å². The summed E-state index contributed by atoms with van der Waals surface area (Å²) >= 11 is 1.83. The van der Waals surface area contributed by atoms with Gasteiger partial charge in [-0.05, 0) is 44.9 Å². The summed E-state index contributed by atoms with van der Waals surface area (Å²) in [6.07, 6.45) is 6.88.